The third-order valence-electron chi connectivity index (χ3n) is 1.94. The second kappa shape index (κ2) is 9.32. The fourth-order valence-electron chi connectivity index (χ4n) is 1.05. The van der Waals surface area contributed by atoms with Gasteiger partial charge in [-0.2, -0.15) is 0 Å². The Morgan fingerprint density at radius 2 is 2.15 bits per heavy atom. The van der Waals surface area contributed by atoms with Crippen molar-refractivity contribution in [2.75, 3.05) is 5.75 Å². The van der Waals surface area contributed by atoms with Crippen LogP contribution in [0.15, 0.2) is 0 Å². The van der Waals surface area contributed by atoms with Crippen molar-refractivity contribution < 1.29 is 0 Å². The van der Waals surface area contributed by atoms with Crippen LogP contribution >= 0.6 is 24.1 Å². The maximum atomic E-state index is 4.49. The van der Waals surface area contributed by atoms with Gasteiger partial charge in [-0.05, 0) is 0 Å². The summed E-state index contributed by atoms with van der Waals surface area (Å²) in [6, 6.07) is 0. The predicted octanol–water partition coefficient (Wildman–Crippen LogP) is 2.70. The summed E-state index contributed by atoms with van der Waals surface area (Å²) in [5, 5.41) is 0. The van der Waals surface area contributed by atoms with Crippen LogP contribution < -0.4 is 0 Å². The van der Waals surface area contributed by atoms with Gasteiger partial charge in [-0.15, -0.1) is 0 Å². The average molecular weight is 212 g/mol. The van der Waals surface area contributed by atoms with E-state index in [1.165, 1.54) is 24.7 Å². The van der Waals surface area contributed by atoms with Crippen LogP contribution in [-0.2, 0) is 0 Å². The Kier molecular flexibility index (Phi) is 9.87. The van der Waals surface area contributed by atoms with Crippen LogP contribution in [0.3, 0.4) is 0 Å². The third-order valence-corrected chi connectivity index (χ3v) is 3.51. The molecule has 0 bridgehead atoms. The van der Waals surface area contributed by atoms with E-state index >= 15 is 0 Å². The van der Waals surface area contributed by atoms with Crippen molar-refractivity contribution in [2.45, 2.75) is 39.6 Å². The van der Waals surface area contributed by atoms with Gasteiger partial charge in [-0.3, -0.25) is 0 Å². The Labute approximate surface area is 94.3 Å². The van der Waals surface area contributed by atoms with Gasteiger partial charge in [0.2, 0.25) is 0 Å². The molecule has 0 aliphatic carbocycles. The van der Waals surface area contributed by atoms with Crippen LogP contribution in [0.25, 0.3) is 0 Å². The molecule has 0 N–H and O–H groups in total. The molecule has 0 saturated heterocycles. The second-order valence-corrected chi connectivity index (χ2v) is 5.22. The molecule has 0 radical (unpaired) electrons. The monoisotopic (exact) mass is 212 g/mol. The first-order valence-corrected chi connectivity index (χ1v) is 6.73. The van der Waals surface area contributed by atoms with E-state index in [1.807, 2.05) is 11.6 Å². The SMILES string of the molecule is CCCSB=CB(C)CB(S)CC. The molecule has 0 aliphatic heterocycles. The van der Waals surface area contributed by atoms with Crippen LogP contribution in [0.4, 0.5) is 0 Å². The molecule has 0 aromatic rings. The minimum atomic E-state index is 0.566. The predicted molar refractivity (Wildman–Crippen MR) is 76.2 cm³/mol. The van der Waals surface area contributed by atoms with Crippen molar-refractivity contribution in [1.82, 2.24) is 0 Å². The zero-order valence-corrected chi connectivity index (χ0v) is 10.7. The maximum absolute atomic E-state index is 4.49. The molecule has 0 fully saturated rings. The summed E-state index contributed by atoms with van der Waals surface area (Å²) in [7, 11) is 0. The quantitative estimate of drug-likeness (QED) is 0.384. The van der Waals surface area contributed by atoms with Gasteiger partial charge in [-0.1, -0.05) is 0 Å². The topological polar surface area (TPSA) is 0 Å². The van der Waals surface area contributed by atoms with Gasteiger partial charge in [0.1, 0.15) is 0 Å². The Balaban J connectivity index is 3.48. The molecule has 5 heteroatoms. The van der Waals surface area contributed by atoms with Crippen LogP contribution in [-0.4, -0.2) is 30.5 Å². The first-order valence-electron chi connectivity index (χ1n) is 5.17. The molecule has 72 valence electrons. The summed E-state index contributed by atoms with van der Waals surface area (Å²) < 4.78 is 0. The molecule has 0 heterocycles. The van der Waals surface area contributed by atoms with Gasteiger partial charge >= 0.3 is 94.2 Å². The molecule has 0 saturated carbocycles. The number of rotatable bonds is 7. The Morgan fingerprint density at radius 3 is 2.69 bits per heavy atom. The third kappa shape index (κ3) is 9.08. The molecule has 0 amide bonds. The van der Waals surface area contributed by atoms with E-state index in [-0.39, 0.29) is 0 Å². The summed E-state index contributed by atoms with van der Waals surface area (Å²) in [6.07, 6.45) is 5.87. The molecule has 0 rings (SSSR count). The zero-order chi connectivity index (χ0) is 10.1. The molecule has 0 spiro atoms. The molecule has 0 unspecified atom stereocenters. The first-order chi connectivity index (χ1) is 6.20. The standard InChI is InChI=1S/C8H19B3S2/c1-4-6-13-9-7-10(3)8-11(12)5-2/h7,12H,4-6,8H2,1-3H3. The van der Waals surface area contributed by atoms with Crippen LogP contribution in [0, 0.1) is 0 Å². The number of thiol groups is 1. The van der Waals surface area contributed by atoms with Crippen LogP contribution in [0.1, 0.15) is 20.3 Å². The Bertz CT molecular complexity index is 141. The molecule has 13 heavy (non-hydrogen) atoms. The van der Waals surface area contributed by atoms with Crippen LogP contribution in [0.2, 0.25) is 19.4 Å². The molecular formula is C8H19B3S2. The van der Waals surface area contributed by atoms with Crippen molar-refractivity contribution in [3.05, 3.63) is 0 Å². The van der Waals surface area contributed by atoms with E-state index in [2.05, 4.69) is 45.2 Å². The van der Waals surface area contributed by atoms with E-state index in [4.69, 9.17) is 0 Å². The summed E-state index contributed by atoms with van der Waals surface area (Å²) in [6.45, 7) is 7.35. The number of hydrogen-bond donors (Lipinski definition) is 1. The molecule has 0 atom stereocenters. The van der Waals surface area contributed by atoms with Gasteiger partial charge in [0.25, 0.3) is 0 Å². The average Bonchev–Trinajstić information content (AvgIpc) is 2.12. The molecule has 0 nitrogen and oxygen atoms in total. The first kappa shape index (κ1) is 13.8. The summed E-state index contributed by atoms with van der Waals surface area (Å²) >= 11 is 6.40. The Hall–Kier alpha value is 0.765. The van der Waals surface area contributed by atoms with Gasteiger partial charge < -0.3 is 0 Å². The van der Waals surface area contributed by atoms with Gasteiger partial charge in [0.05, 0.1) is 0 Å². The van der Waals surface area contributed by atoms with E-state index in [9.17, 15) is 0 Å². The summed E-state index contributed by atoms with van der Waals surface area (Å²) in [5.74, 6) is 4.11. The van der Waals surface area contributed by atoms with E-state index in [0.717, 1.165) is 0 Å². The summed E-state index contributed by atoms with van der Waals surface area (Å²) in [5.41, 5.74) is 0. The van der Waals surface area contributed by atoms with E-state index < -0.39 is 0 Å². The van der Waals surface area contributed by atoms with Crippen molar-refractivity contribution >= 4 is 48.9 Å². The van der Waals surface area contributed by atoms with E-state index in [0.29, 0.717) is 12.7 Å². The van der Waals surface area contributed by atoms with Gasteiger partial charge in [0.15, 0.2) is 0 Å². The molecular weight excluding hydrogens is 193 g/mol. The zero-order valence-electron chi connectivity index (χ0n) is 8.99. The second-order valence-electron chi connectivity index (χ2n) is 3.47. The van der Waals surface area contributed by atoms with Gasteiger partial charge in [0, 0.05) is 0 Å². The number of hydrogen-bond acceptors (Lipinski definition) is 2. The van der Waals surface area contributed by atoms with E-state index in [1.54, 1.807) is 0 Å². The molecule has 0 aromatic heterocycles. The van der Waals surface area contributed by atoms with Crippen molar-refractivity contribution in [3.63, 3.8) is 0 Å². The fourth-order valence-corrected chi connectivity index (χ4v) is 2.13. The normalized spacial score (nSPS) is 10.2. The van der Waals surface area contributed by atoms with Crippen molar-refractivity contribution in [2.24, 2.45) is 0 Å². The van der Waals surface area contributed by atoms with Crippen molar-refractivity contribution in [3.8, 4) is 0 Å². The minimum absolute atomic E-state index is 0.566. The van der Waals surface area contributed by atoms with Crippen molar-refractivity contribution in [1.29, 1.82) is 0 Å². The van der Waals surface area contributed by atoms with Gasteiger partial charge in [-0.25, -0.2) is 0 Å². The van der Waals surface area contributed by atoms with Crippen LogP contribution in [0.5, 0.6) is 0 Å². The fraction of sp³-hybridized carbons (Fsp3) is 0.875. The summed E-state index contributed by atoms with van der Waals surface area (Å²) in [4.78, 5) is 0. The molecule has 0 aliphatic rings. The molecule has 0 aromatic carbocycles. The Morgan fingerprint density at radius 1 is 1.46 bits per heavy atom.